The van der Waals surface area contributed by atoms with E-state index in [2.05, 4.69) is 20.5 Å². The molecule has 0 bridgehead atoms. The van der Waals surface area contributed by atoms with Gasteiger partial charge in [-0.2, -0.15) is 5.10 Å². The van der Waals surface area contributed by atoms with E-state index in [0.29, 0.717) is 33.5 Å². The number of aromatic nitrogens is 3. The Kier molecular flexibility index (Phi) is 5.97. The van der Waals surface area contributed by atoms with Gasteiger partial charge in [0.15, 0.2) is 5.65 Å². The molecule has 3 aromatic carbocycles. The maximum Gasteiger partial charge on any atom is 0.252 e. The number of pyridine rings is 1. The van der Waals surface area contributed by atoms with Gasteiger partial charge >= 0.3 is 0 Å². The van der Waals surface area contributed by atoms with Crippen molar-refractivity contribution in [3.8, 4) is 28.3 Å². The number of aromatic amines is 1. The molecule has 5 rings (SSSR count). The Morgan fingerprint density at radius 2 is 1.66 bits per heavy atom. The predicted octanol–water partition coefficient (Wildman–Crippen LogP) is 5.93. The third kappa shape index (κ3) is 4.48. The quantitative estimate of drug-likeness (QED) is 0.325. The first-order chi connectivity index (χ1) is 17.0. The number of hydrogen-bond acceptors (Lipinski definition) is 4. The second-order valence-corrected chi connectivity index (χ2v) is 8.19. The summed E-state index contributed by atoms with van der Waals surface area (Å²) in [6, 6.07) is 24.8. The molecule has 2 heterocycles. The molecule has 0 saturated heterocycles. The molecule has 174 valence electrons. The van der Waals surface area contributed by atoms with Crippen LogP contribution in [0.1, 0.15) is 28.9 Å². The monoisotopic (exact) mass is 466 g/mol. The summed E-state index contributed by atoms with van der Waals surface area (Å²) in [5.74, 6) is 0.128. The smallest absolute Gasteiger partial charge is 0.252 e. The summed E-state index contributed by atoms with van der Waals surface area (Å²) in [7, 11) is 1.61. The summed E-state index contributed by atoms with van der Waals surface area (Å²) in [4.78, 5) is 18.3. The van der Waals surface area contributed by atoms with Gasteiger partial charge in [-0.25, -0.2) is 9.37 Å². The maximum atomic E-state index is 13.6. The molecule has 0 aliphatic rings. The van der Waals surface area contributed by atoms with Crippen LogP contribution in [0.2, 0.25) is 0 Å². The highest BCUT2D eigenvalue weighted by atomic mass is 19.1. The molecule has 0 aliphatic carbocycles. The molecular weight excluding hydrogens is 443 g/mol. The van der Waals surface area contributed by atoms with Crippen molar-refractivity contribution < 1.29 is 13.9 Å². The van der Waals surface area contributed by atoms with Crippen molar-refractivity contribution in [1.29, 1.82) is 0 Å². The lowest BCUT2D eigenvalue weighted by atomic mass is 10.0. The van der Waals surface area contributed by atoms with Gasteiger partial charge in [0.1, 0.15) is 11.6 Å². The molecule has 1 atom stereocenters. The van der Waals surface area contributed by atoms with Crippen molar-refractivity contribution in [3.63, 3.8) is 0 Å². The summed E-state index contributed by atoms with van der Waals surface area (Å²) < 4.78 is 18.8. The second kappa shape index (κ2) is 9.38. The number of fused-ring (bicyclic) bond motifs is 1. The minimum absolute atomic E-state index is 0.211. The lowest BCUT2D eigenvalue weighted by Crippen LogP contribution is -2.27. The summed E-state index contributed by atoms with van der Waals surface area (Å²) in [5.41, 5.74) is 4.56. The number of halogens is 1. The second-order valence-electron chi connectivity index (χ2n) is 8.19. The number of ether oxygens (including phenoxy) is 1. The number of carbonyl (C=O) groups is 1. The van der Waals surface area contributed by atoms with E-state index in [1.54, 1.807) is 25.3 Å². The largest absolute Gasteiger partial charge is 0.497 e. The van der Waals surface area contributed by atoms with Crippen LogP contribution in [0.5, 0.6) is 5.75 Å². The number of nitrogens with one attached hydrogen (secondary N) is 2. The minimum atomic E-state index is -0.342. The predicted molar refractivity (Wildman–Crippen MR) is 134 cm³/mol. The highest BCUT2D eigenvalue weighted by Gasteiger charge is 2.22. The van der Waals surface area contributed by atoms with Gasteiger partial charge in [0.05, 0.1) is 35.5 Å². The van der Waals surface area contributed by atoms with Gasteiger partial charge in [-0.3, -0.25) is 9.89 Å². The molecule has 0 aliphatic heterocycles. The Balaban J connectivity index is 1.63. The number of rotatable bonds is 6. The van der Waals surface area contributed by atoms with Crippen LogP contribution in [0.3, 0.4) is 0 Å². The molecule has 5 aromatic rings. The number of amides is 1. The SMILES string of the molecule is COc1ccc(-c2[nH]nc3nc(-c4ccc(F)cc4)cc(C(=O)N[C@H](C)c4ccccc4)c23)cc1. The van der Waals surface area contributed by atoms with Crippen molar-refractivity contribution in [1.82, 2.24) is 20.5 Å². The zero-order valence-electron chi connectivity index (χ0n) is 19.2. The van der Waals surface area contributed by atoms with E-state index in [0.717, 1.165) is 16.9 Å². The topological polar surface area (TPSA) is 79.9 Å². The number of H-pyrrole nitrogens is 1. The van der Waals surface area contributed by atoms with Gasteiger partial charge in [0, 0.05) is 11.1 Å². The van der Waals surface area contributed by atoms with Crippen LogP contribution in [-0.2, 0) is 0 Å². The minimum Gasteiger partial charge on any atom is -0.497 e. The summed E-state index contributed by atoms with van der Waals surface area (Å²) >= 11 is 0. The van der Waals surface area contributed by atoms with Crippen LogP contribution in [0.25, 0.3) is 33.5 Å². The fourth-order valence-electron chi connectivity index (χ4n) is 4.04. The molecule has 1 amide bonds. The highest BCUT2D eigenvalue weighted by Crippen LogP contribution is 2.32. The van der Waals surface area contributed by atoms with Gasteiger partial charge in [-0.1, -0.05) is 30.3 Å². The average Bonchev–Trinajstić information content (AvgIpc) is 3.33. The Morgan fingerprint density at radius 1 is 0.971 bits per heavy atom. The number of nitrogens with zero attached hydrogens (tertiary/aromatic N) is 2. The highest BCUT2D eigenvalue weighted by molar-refractivity contribution is 6.11. The molecule has 6 nitrogen and oxygen atoms in total. The zero-order chi connectivity index (χ0) is 24.4. The van der Waals surface area contributed by atoms with Crippen molar-refractivity contribution in [2.75, 3.05) is 7.11 Å². The van der Waals surface area contributed by atoms with E-state index in [4.69, 9.17) is 4.74 Å². The molecule has 2 aromatic heterocycles. The van der Waals surface area contributed by atoms with E-state index >= 15 is 0 Å². The molecular formula is C28H23FN4O2. The van der Waals surface area contributed by atoms with Crippen molar-refractivity contribution in [2.24, 2.45) is 0 Å². The first kappa shape index (κ1) is 22.3. The fourth-order valence-corrected chi connectivity index (χ4v) is 4.04. The zero-order valence-corrected chi connectivity index (χ0v) is 19.2. The Morgan fingerprint density at radius 3 is 2.34 bits per heavy atom. The molecule has 0 fully saturated rings. The Labute approximate surface area is 201 Å². The number of methoxy groups -OCH3 is 1. The van der Waals surface area contributed by atoms with E-state index in [1.807, 2.05) is 61.5 Å². The Hall–Kier alpha value is -4.52. The third-order valence-electron chi connectivity index (χ3n) is 5.93. The summed E-state index contributed by atoms with van der Waals surface area (Å²) in [5, 5.41) is 11.1. The molecule has 0 unspecified atom stereocenters. The first-order valence-corrected chi connectivity index (χ1v) is 11.2. The maximum absolute atomic E-state index is 13.6. The molecule has 0 saturated carbocycles. The lowest BCUT2D eigenvalue weighted by Gasteiger charge is -2.15. The number of carbonyl (C=O) groups excluding carboxylic acids is 1. The van der Waals surface area contributed by atoms with Gasteiger partial charge in [-0.05, 0) is 67.1 Å². The lowest BCUT2D eigenvalue weighted by molar-refractivity contribution is 0.0941. The van der Waals surface area contributed by atoms with Crippen LogP contribution in [0.4, 0.5) is 4.39 Å². The third-order valence-corrected chi connectivity index (χ3v) is 5.93. The van der Waals surface area contributed by atoms with Gasteiger partial charge < -0.3 is 10.1 Å². The molecule has 0 spiro atoms. The van der Waals surface area contributed by atoms with E-state index in [-0.39, 0.29) is 17.8 Å². The molecule has 2 N–H and O–H groups in total. The van der Waals surface area contributed by atoms with Crippen LogP contribution >= 0.6 is 0 Å². The van der Waals surface area contributed by atoms with Gasteiger partial charge in [0.25, 0.3) is 5.91 Å². The molecule has 35 heavy (non-hydrogen) atoms. The van der Waals surface area contributed by atoms with Crippen molar-refractivity contribution in [3.05, 3.63) is 102 Å². The summed E-state index contributed by atoms with van der Waals surface area (Å²) in [6.07, 6.45) is 0. The van der Waals surface area contributed by atoms with Crippen molar-refractivity contribution >= 4 is 16.9 Å². The Bertz CT molecular complexity index is 1480. The summed E-state index contributed by atoms with van der Waals surface area (Å²) in [6.45, 7) is 1.94. The van der Waals surface area contributed by atoms with Crippen molar-refractivity contribution in [2.45, 2.75) is 13.0 Å². The van der Waals surface area contributed by atoms with Crippen LogP contribution in [0.15, 0.2) is 84.9 Å². The van der Waals surface area contributed by atoms with Crippen LogP contribution in [-0.4, -0.2) is 28.2 Å². The standard InChI is InChI=1S/C28H23FN4O2/c1-17(18-6-4-3-5-7-18)30-28(34)23-16-24(19-8-12-21(29)13-9-19)31-27-25(23)26(32-33-27)20-10-14-22(35-2)15-11-20/h3-17H,1-2H3,(H,30,34)(H,31,32,33)/t17-/m1/s1. The van der Waals surface area contributed by atoms with E-state index < -0.39 is 0 Å². The van der Waals surface area contributed by atoms with E-state index in [1.165, 1.54) is 12.1 Å². The van der Waals surface area contributed by atoms with E-state index in [9.17, 15) is 9.18 Å². The normalized spacial score (nSPS) is 11.9. The fraction of sp³-hybridized carbons (Fsp3) is 0.107. The first-order valence-electron chi connectivity index (χ1n) is 11.2. The van der Waals surface area contributed by atoms with Gasteiger partial charge in [0.2, 0.25) is 0 Å². The number of benzene rings is 3. The van der Waals surface area contributed by atoms with Crippen LogP contribution < -0.4 is 10.1 Å². The van der Waals surface area contributed by atoms with Crippen LogP contribution in [0, 0.1) is 5.82 Å². The van der Waals surface area contributed by atoms with Gasteiger partial charge in [-0.15, -0.1) is 0 Å². The number of hydrogen-bond donors (Lipinski definition) is 2. The molecule has 0 radical (unpaired) electrons. The average molecular weight is 467 g/mol. The molecule has 7 heteroatoms.